The van der Waals surface area contributed by atoms with Crippen LogP contribution in [0.3, 0.4) is 0 Å². The van der Waals surface area contributed by atoms with Crippen LogP contribution in [-0.2, 0) is 28.4 Å². The second kappa shape index (κ2) is 4.55. The summed E-state index contributed by atoms with van der Waals surface area (Å²) in [5.74, 6) is -0.106. The van der Waals surface area contributed by atoms with E-state index in [1.54, 1.807) is 0 Å². The Balaban J connectivity index is 2.17. The number of rotatable bonds is 4. The second-order valence-electron chi connectivity index (χ2n) is 4.27. The lowest BCUT2D eigenvalue weighted by Gasteiger charge is -2.05. The first-order chi connectivity index (χ1) is 7.61. The van der Waals surface area contributed by atoms with E-state index in [2.05, 4.69) is 0 Å². The van der Waals surface area contributed by atoms with E-state index in [1.165, 1.54) is 17.5 Å². The van der Waals surface area contributed by atoms with Crippen LogP contribution in [0, 0.1) is 0 Å². The van der Waals surface area contributed by atoms with E-state index in [4.69, 9.17) is 5.11 Å². The standard InChI is InChI=1S/C12H16O3S/c13-6-7-16(14,15)9-10-4-5-11-2-1-3-12(11)8-10/h4-5,8,13H,1-3,6-7,9H2. The molecule has 0 bridgehead atoms. The molecule has 0 unspecified atom stereocenters. The maximum absolute atomic E-state index is 11.5. The van der Waals surface area contributed by atoms with Gasteiger partial charge in [0.25, 0.3) is 0 Å². The second-order valence-corrected chi connectivity index (χ2v) is 6.46. The van der Waals surface area contributed by atoms with Crippen LogP contribution < -0.4 is 0 Å². The monoisotopic (exact) mass is 240 g/mol. The first-order valence-corrected chi connectivity index (χ1v) is 7.35. The molecule has 0 heterocycles. The Morgan fingerprint density at radius 2 is 1.94 bits per heavy atom. The smallest absolute Gasteiger partial charge is 0.156 e. The highest BCUT2D eigenvalue weighted by Crippen LogP contribution is 2.23. The normalized spacial score (nSPS) is 15.1. The minimum absolute atomic E-state index is 0.0425. The average molecular weight is 240 g/mol. The summed E-state index contributed by atoms with van der Waals surface area (Å²) >= 11 is 0. The lowest BCUT2D eigenvalue weighted by Crippen LogP contribution is -2.12. The Bertz CT molecular complexity index is 477. The van der Waals surface area contributed by atoms with Crippen LogP contribution in [0.5, 0.6) is 0 Å². The van der Waals surface area contributed by atoms with Gasteiger partial charge in [-0.15, -0.1) is 0 Å². The molecule has 0 spiro atoms. The number of benzene rings is 1. The van der Waals surface area contributed by atoms with Gasteiger partial charge in [-0.2, -0.15) is 0 Å². The first-order valence-electron chi connectivity index (χ1n) is 5.53. The van der Waals surface area contributed by atoms with E-state index in [0.717, 1.165) is 18.4 Å². The van der Waals surface area contributed by atoms with Crippen molar-refractivity contribution in [3.8, 4) is 0 Å². The summed E-state index contributed by atoms with van der Waals surface area (Å²) in [5, 5.41) is 8.66. The van der Waals surface area contributed by atoms with Crippen molar-refractivity contribution in [2.24, 2.45) is 0 Å². The maximum Gasteiger partial charge on any atom is 0.156 e. The highest BCUT2D eigenvalue weighted by atomic mass is 32.2. The molecule has 1 N–H and O–H groups in total. The van der Waals surface area contributed by atoms with Crippen LogP contribution in [0.25, 0.3) is 0 Å². The molecule has 1 aliphatic rings. The average Bonchev–Trinajstić information content (AvgIpc) is 2.63. The molecule has 0 saturated heterocycles. The fourth-order valence-electron chi connectivity index (χ4n) is 2.18. The fourth-order valence-corrected chi connectivity index (χ4v) is 3.29. The molecule has 3 nitrogen and oxygen atoms in total. The molecular formula is C12H16O3S. The predicted octanol–water partition coefficient (Wildman–Crippen LogP) is 1.08. The molecule has 1 aromatic rings. The number of fused-ring (bicyclic) bond motifs is 1. The Kier molecular flexibility index (Phi) is 3.30. The van der Waals surface area contributed by atoms with Crippen molar-refractivity contribution >= 4 is 9.84 Å². The van der Waals surface area contributed by atoms with E-state index < -0.39 is 9.84 Å². The van der Waals surface area contributed by atoms with E-state index in [1.807, 2.05) is 18.2 Å². The van der Waals surface area contributed by atoms with Crippen molar-refractivity contribution in [1.82, 2.24) is 0 Å². The number of aliphatic hydroxyl groups is 1. The van der Waals surface area contributed by atoms with Crippen molar-refractivity contribution in [3.05, 3.63) is 34.9 Å². The van der Waals surface area contributed by atoms with Crippen LogP contribution >= 0.6 is 0 Å². The van der Waals surface area contributed by atoms with Crippen molar-refractivity contribution in [3.63, 3.8) is 0 Å². The minimum atomic E-state index is -3.15. The number of aryl methyl sites for hydroxylation is 2. The van der Waals surface area contributed by atoms with Gasteiger partial charge in [0.1, 0.15) is 0 Å². The van der Waals surface area contributed by atoms with Gasteiger partial charge in [-0.05, 0) is 36.0 Å². The number of hydrogen-bond donors (Lipinski definition) is 1. The maximum atomic E-state index is 11.5. The molecule has 16 heavy (non-hydrogen) atoms. The van der Waals surface area contributed by atoms with Crippen LogP contribution in [0.15, 0.2) is 18.2 Å². The third-order valence-electron chi connectivity index (χ3n) is 2.95. The molecule has 1 aliphatic carbocycles. The van der Waals surface area contributed by atoms with Crippen molar-refractivity contribution in [2.75, 3.05) is 12.4 Å². The zero-order valence-corrected chi connectivity index (χ0v) is 9.96. The zero-order valence-electron chi connectivity index (χ0n) is 9.15. The molecule has 0 fully saturated rings. The van der Waals surface area contributed by atoms with Gasteiger partial charge in [0.05, 0.1) is 18.1 Å². The predicted molar refractivity (Wildman–Crippen MR) is 63.0 cm³/mol. The van der Waals surface area contributed by atoms with Crippen molar-refractivity contribution in [1.29, 1.82) is 0 Å². The molecule has 4 heteroatoms. The van der Waals surface area contributed by atoms with Gasteiger partial charge in [-0.25, -0.2) is 8.42 Å². The SMILES string of the molecule is O=S(=O)(CCO)Cc1ccc2c(c1)CCC2. The Hall–Kier alpha value is -0.870. The highest BCUT2D eigenvalue weighted by Gasteiger charge is 2.15. The molecule has 2 rings (SSSR count). The van der Waals surface area contributed by atoms with E-state index in [9.17, 15) is 8.42 Å². The molecule has 0 aromatic heterocycles. The molecule has 0 amide bonds. The topological polar surface area (TPSA) is 54.4 Å². The highest BCUT2D eigenvalue weighted by molar-refractivity contribution is 7.90. The van der Waals surface area contributed by atoms with Gasteiger partial charge in [-0.3, -0.25) is 0 Å². The van der Waals surface area contributed by atoms with Crippen LogP contribution in [0.1, 0.15) is 23.1 Å². The van der Waals surface area contributed by atoms with Gasteiger partial charge in [-0.1, -0.05) is 18.2 Å². The molecule has 0 aliphatic heterocycles. The van der Waals surface area contributed by atoms with E-state index in [0.29, 0.717) is 0 Å². The van der Waals surface area contributed by atoms with E-state index >= 15 is 0 Å². The van der Waals surface area contributed by atoms with Gasteiger partial charge >= 0.3 is 0 Å². The molecule has 0 saturated carbocycles. The van der Waals surface area contributed by atoms with Gasteiger partial charge in [0, 0.05) is 0 Å². The zero-order chi connectivity index (χ0) is 11.6. The summed E-state index contributed by atoms with van der Waals surface area (Å²) in [7, 11) is -3.15. The minimum Gasteiger partial charge on any atom is -0.395 e. The Morgan fingerprint density at radius 3 is 2.69 bits per heavy atom. The Labute approximate surface area is 96.0 Å². The molecular weight excluding hydrogens is 224 g/mol. The van der Waals surface area contributed by atoms with E-state index in [-0.39, 0.29) is 18.1 Å². The van der Waals surface area contributed by atoms with Crippen molar-refractivity contribution < 1.29 is 13.5 Å². The van der Waals surface area contributed by atoms with Gasteiger partial charge in [0.2, 0.25) is 0 Å². The first kappa shape index (κ1) is 11.6. The molecule has 0 radical (unpaired) electrons. The number of aliphatic hydroxyl groups excluding tert-OH is 1. The summed E-state index contributed by atoms with van der Waals surface area (Å²) in [6.45, 7) is -0.298. The molecule has 1 aromatic carbocycles. The fraction of sp³-hybridized carbons (Fsp3) is 0.500. The number of sulfone groups is 1. The van der Waals surface area contributed by atoms with Gasteiger partial charge < -0.3 is 5.11 Å². The van der Waals surface area contributed by atoms with Crippen molar-refractivity contribution in [2.45, 2.75) is 25.0 Å². The Morgan fingerprint density at radius 1 is 1.19 bits per heavy atom. The molecule has 88 valence electrons. The third kappa shape index (κ3) is 2.62. The third-order valence-corrected chi connectivity index (χ3v) is 4.53. The number of hydrogen-bond acceptors (Lipinski definition) is 3. The summed E-state index contributed by atoms with van der Waals surface area (Å²) in [4.78, 5) is 0. The summed E-state index contributed by atoms with van der Waals surface area (Å²) in [6.07, 6.45) is 3.34. The van der Waals surface area contributed by atoms with Crippen LogP contribution in [-0.4, -0.2) is 25.9 Å². The summed E-state index contributed by atoms with van der Waals surface area (Å²) in [5.41, 5.74) is 3.48. The lowest BCUT2D eigenvalue weighted by molar-refractivity contribution is 0.319. The van der Waals surface area contributed by atoms with Gasteiger partial charge in [0.15, 0.2) is 9.84 Å². The lowest BCUT2D eigenvalue weighted by atomic mass is 10.1. The largest absolute Gasteiger partial charge is 0.395 e. The molecule has 0 atom stereocenters. The summed E-state index contributed by atoms with van der Waals surface area (Å²) in [6, 6.07) is 5.92. The quantitative estimate of drug-likeness (QED) is 0.857. The summed E-state index contributed by atoms with van der Waals surface area (Å²) < 4.78 is 23.1. The van der Waals surface area contributed by atoms with Crippen LogP contribution in [0.2, 0.25) is 0 Å². The van der Waals surface area contributed by atoms with Crippen LogP contribution in [0.4, 0.5) is 0 Å².